The van der Waals surface area contributed by atoms with Gasteiger partial charge in [-0.1, -0.05) is 15.9 Å². The van der Waals surface area contributed by atoms with Gasteiger partial charge in [0, 0.05) is 17.2 Å². The molecule has 4 heteroatoms. The monoisotopic (exact) mass is 256 g/mol. The summed E-state index contributed by atoms with van der Waals surface area (Å²) >= 11 is 3.45. The first-order chi connectivity index (χ1) is 6.77. The number of hydrogen-bond acceptors (Lipinski definition) is 3. The Morgan fingerprint density at radius 2 is 2.50 bits per heavy atom. The minimum Gasteiger partial charge on any atom is -0.378 e. The van der Waals surface area contributed by atoms with Crippen molar-refractivity contribution in [1.82, 2.24) is 9.88 Å². The van der Waals surface area contributed by atoms with Gasteiger partial charge >= 0.3 is 0 Å². The van der Waals surface area contributed by atoms with Gasteiger partial charge in [-0.2, -0.15) is 0 Å². The van der Waals surface area contributed by atoms with Crippen LogP contribution in [0, 0.1) is 0 Å². The Labute approximate surface area is 92.2 Å². The molecule has 0 aromatic carbocycles. The van der Waals surface area contributed by atoms with Crippen molar-refractivity contribution in [3.05, 3.63) is 28.5 Å². The van der Waals surface area contributed by atoms with Gasteiger partial charge < -0.3 is 4.74 Å². The van der Waals surface area contributed by atoms with Crippen molar-refractivity contribution >= 4 is 15.9 Å². The van der Waals surface area contributed by atoms with Crippen LogP contribution < -0.4 is 0 Å². The number of aromatic nitrogens is 1. The van der Waals surface area contributed by atoms with Crippen molar-refractivity contribution in [2.45, 2.75) is 6.04 Å². The normalized spacial score (nSPS) is 23.7. The Hall–Kier alpha value is -0.450. The average Bonchev–Trinajstić information content (AvgIpc) is 2.18. The molecule has 1 aromatic heterocycles. The van der Waals surface area contributed by atoms with Crippen LogP contribution in [0.5, 0.6) is 0 Å². The highest BCUT2D eigenvalue weighted by atomic mass is 79.9. The van der Waals surface area contributed by atoms with Gasteiger partial charge in [0.1, 0.15) is 0 Å². The van der Waals surface area contributed by atoms with Crippen LogP contribution in [0.1, 0.15) is 11.7 Å². The summed E-state index contributed by atoms with van der Waals surface area (Å²) in [6.45, 7) is 2.53. The SMILES string of the molecule is CN1CCOCC1c1cc(Br)ccn1. The third-order valence-electron chi connectivity index (χ3n) is 2.48. The summed E-state index contributed by atoms with van der Waals surface area (Å²) in [5.41, 5.74) is 1.07. The molecule has 2 rings (SSSR count). The lowest BCUT2D eigenvalue weighted by Gasteiger charge is -2.31. The van der Waals surface area contributed by atoms with Gasteiger partial charge in [0.25, 0.3) is 0 Å². The molecule has 1 atom stereocenters. The van der Waals surface area contributed by atoms with E-state index in [0.29, 0.717) is 6.04 Å². The fourth-order valence-corrected chi connectivity index (χ4v) is 1.95. The lowest BCUT2D eigenvalue weighted by molar-refractivity contribution is 0.00349. The predicted octanol–water partition coefficient (Wildman–Crippen LogP) is 1.85. The number of nitrogens with zero attached hydrogens (tertiary/aromatic N) is 2. The first-order valence-corrected chi connectivity index (χ1v) is 5.46. The number of pyridine rings is 1. The maximum absolute atomic E-state index is 5.45. The molecule has 3 nitrogen and oxygen atoms in total. The molecule has 0 spiro atoms. The standard InChI is InChI=1S/C10H13BrN2O/c1-13-4-5-14-7-10(13)9-6-8(11)2-3-12-9/h2-3,6,10H,4-5,7H2,1H3. The van der Waals surface area contributed by atoms with Gasteiger partial charge in [-0.3, -0.25) is 9.88 Å². The number of ether oxygens (including phenoxy) is 1. The van der Waals surface area contributed by atoms with E-state index in [0.717, 1.165) is 29.9 Å². The number of hydrogen-bond donors (Lipinski definition) is 0. The fourth-order valence-electron chi connectivity index (χ4n) is 1.60. The molecule has 2 heterocycles. The zero-order chi connectivity index (χ0) is 9.97. The zero-order valence-corrected chi connectivity index (χ0v) is 9.70. The molecule has 1 aliphatic heterocycles. The molecule has 1 unspecified atom stereocenters. The average molecular weight is 257 g/mol. The maximum atomic E-state index is 5.45. The number of rotatable bonds is 1. The smallest absolute Gasteiger partial charge is 0.0756 e. The minimum atomic E-state index is 0.293. The van der Waals surface area contributed by atoms with Crippen molar-refractivity contribution in [2.24, 2.45) is 0 Å². The predicted molar refractivity (Wildman–Crippen MR) is 58.1 cm³/mol. The van der Waals surface area contributed by atoms with Gasteiger partial charge in [0.05, 0.1) is 24.9 Å². The summed E-state index contributed by atoms with van der Waals surface area (Å²) in [7, 11) is 2.11. The van der Waals surface area contributed by atoms with Crippen LogP contribution in [0.2, 0.25) is 0 Å². The van der Waals surface area contributed by atoms with Crippen LogP contribution in [0.15, 0.2) is 22.8 Å². The molecule has 0 bridgehead atoms. The number of likely N-dealkylation sites (N-methyl/N-ethyl adjacent to an activating group) is 1. The first-order valence-electron chi connectivity index (χ1n) is 4.67. The summed E-state index contributed by atoms with van der Waals surface area (Å²) in [6.07, 6.45) is 1.82. The molecule has 0 radical (unpaired) electrons. The highest BCUT2D eigenvalue weighted by Crippen LogP contribution is 2.22. The highest BCUT2D eigenvalue weighted by Gasteiger charge is 2.22. The van der Waals surface area contributed by atoms with E-state index in [1.54, 1.807) is 0 Å². The van der Waals surface area contributed by atoms with Crippen molar-refractivity contribution < 1.29 is 4.74 Å². The quantitative estimate of drug-likeness (QED) is 0.767. The van der Waals surface area contributed by atoms with Crippen LogP contribution in [-0.2, 0) is 4.74 Å². The van der Waals surface area contributed by atoms with Gasteiger partial charge in [0.2, 0.25) is 0 Å². The first kappa shape index (κ1) is 10.1. The third-order valence-corrected chi connectivity index (χ3v) is 2.97. The van der Waals surface area contributed by atoms with E-state index >= 15 is 0 Å². The largest absolute Gasteiger partial charge is 0.378 e. The summed E-state index contributed by atoms with van der Waals surface area (Å²) in [5, 5.41) is 0. The molecule has 14 heavy (non-hydrogen) atoms. The second-order valence-corrected chi connectivity index (χ2v) is 4.39. The van der Waals surface area contributed by atoms with Gasteiger partial charge in [-0.15, -0.1) is 0 Å². The summed E-state index contributed by atoms with van der Waals surface area (Å²) in [6, 6.07) is 4.28. The Morgan fingerprint density at radius 3 is 3.21 bits per heavy atom. The summed E-state index contributed by atoms with van der Waals surface area (Å²) in [5.74, 6) is 0. The molecular formula is C10H13BrN2O. The molecule has 76 valence electrons. The fraction of sp³-hybridized carbons (Fsp3) is 0.500. The maximum Gasteiger partial charge on any atom is 0.0756 e. The van der Waals surface area contributed by atoms with Gasteiger partial charge in [0.15, 0.2) is 0 Å². The van der Waals surface area contributed by atoms with Crippen LogP contribution in [-0.4, -0.2) is 36.7 Å². The molecule has 0 N–H and O–H groups in total. The molecule has 1 fully saturated rings. The summed E-state index contributed by atoms with van der Waals surface area (Å²) in [4.78, 5) is 6.64. The molecule has 1 aliphatic rings. The Bertz CT molecular complexity index is 319. The molecule has 0 amide bonds. The highest BCUT2D eigenvalue weighted by molar-refractivity contribution is 9.10. The molecule has 0 aliphatic carbocycles. The second-order valence-electron chi connectivity index (χ2n) is 3.47. The number of halogens is 1. The van der Waals surface area contributed by atoms with Crippen molar-refractivity contribution in [3.63, 3.8) is 0 Å². The van der Waals surface area contributed by atoms with Gasteiger partial charge in [-0.05, 0) is 19.2 Å². The van der Waals surface area contributed by atoms with Crippen LogP contribution in [0.4, 0.5) is 0 Å². The van der Waals surface area contributed by atoms with E-state index in [9.17, 15) is 0 Å². The van der Waals surface area contributed by atoms with Crippen molar-refractivity contribution in [2.75, 3.05) is 26.8 Å². The lowest BCUT2D eigenvalue weighted by Crippen LogP contribution is -2.36. The zero-order valence-electron chi connectivity index (χ0n) is 8.11. The molecule has 0 saturated carbocycles. The third kappa shape index (κ3) is 2.13. The van der Waals surface area contributed by atoms with Crippen LogP contribution in [0.3, 0.4) is 0 Å². The van der Waals surface area contributed by atoms with Crippen LogP contribution in [0.25, 0.3) is 0 Å². The summed E-state index contributed by atoms with van der Waals surface area (Å²) < 4.78 is 6.52. The molecule has 1 saturated heterocycles. The van der Waals surface area contributed by atoms with E-state index < -0.39 is 0 Å². The Kier molecular flexibility index (Phi) is 3.15. The van der Waals surface area contributed by atoms with Crippen molar-refractivity contribution in [1.29, 1.82) is 0 Å². The van der Waals surface area contributed by atoms with Crippen molar-refractivity contribution in [3.8, 4) is 0 Å². The molecule has 1 aromatic rings. The second kappa shape index (κ2) is 4.38. The van der Waals surface area contributed by atoms with E-state index in [4.69, 9.17) is 4.74 Å². The molecular weight excluding hydrogens is 244 g/mol. The van der Waals surface area contributed by atoms with E-state index in [2.05, 4.69) is 38.9 Å². The van der Waals surface area contributed by atoms with Gasteiger partial charge in [-0.25, -0.2) is 0 Å². The number of morpholine rings is 1. The Balaban J connectivity index is 2.20. The van der Waals surface area contributed by atoms with Crippen LogP contribution >= 0.6 is 15.9 Å². The Morgan fingerprint density at radius 1 is 1.64 bits per heavy atom. The lowest BCUT2D eigenvalue weighted by atomic mass is 10.1. The van der Waals surface area contributed by atoms with E-state index in [1.165, 1.54) is 0 Å². The van der Waals surface area contributed by atoms with E-state index in [1.807, 2.05) is 12.3 Å². The minimum absolute atomic E-state index is 0.293. The topological polar surface area (TPSA) is 25.4 Å². The van der Waals surface area contributed by atoms with E-state index in [-0.39, 0.29) is 0 Å².